The van der Waals surface area contributed by atoms with Gasteiger partial charge in [-0.15, -0.1) is 0 Å². The number of methoxy groups -OCH3 is 1. The maximum Gasteiger partial charge on any atom is 0.197 e. The summed E-state index contributed by atoms with van der Waals surface area (Å²) in [6.45, 7) is 10.2. The quantitative estimate of drug-likeness (QED) is 0.400. The molecule has 1 aliphatic rings. The van der Waals surface area contributed by atoms with Crippen LogP contribution >= 0.6 is 0 Å². The summed E-state index contributed by atoms with van der Waals surface area (Å²) in [5.41, 5.74) is 7.90. The van der Waals surface area contributed by atoms with Crippen molar-refractivity contribution in [3.05, 3.63) is 41.6 Å². The number of pyridine rings is 2. The molecule has 0 amide bonds. The van der Waals surface area contributed by atoms with Crippen molar-refractivity contribution < 1.29 is 4.74 Å². The Bertz CT molecular complexity index is 1310. The van der Waals surface area contributed by atoms with Gasteiger partial charge in [-0.2, -0.15) is 5.10 Å². The normalized spacial score (nSPS) is 19.1. The van der Waals surface area contributed by atoms with Crippen molar-refractivity contribution in [2.75, 3.05) is 20.7 Å². The molecule has 7 heteroatoms. The fourth-order valence-corrected chi connectivity index (χ4v) is 5.84. The number of nitrogens with one attached hydrogen (secondary N) is 1. The van der Waals surface area contributed by atoms with Gasteiger partial charge in [-0.05, 0) is 69.3 Å². The second-order valence-corrected chi connectivity index (χ2v) is 10.0. The van der Waals surface area contributed by atoms with Crippen LogP contribution in [0.25, 0.3) is 27.8 Å². The van der Waals surface area contributed by atoms with E-state index >= 15 is 0 Å². The molecule has 0 atom stereocenters. The molecule has 0 aromatic carbocycles. The van der Waals surface area contributed by atoms with Crippen LogP contribution in [-0.2, 0) is 0 Å². The minimum atomic E-state index is 0.351. The Morgan fingerprint density at radius 3 is 2.65 bits per heavy atom. The van der Waals surface area contributed by atoms with Gasteiger partial charge < -0.3 is 14.6 Å². The molecule has 0 radical (unpaired) electrons. The molecule has 5 rings (SSSR count). The molecule has 4 heterocycles. The zero-order valence-corrected chi connectivity index (χ0v) is 21.2. The highest BCUT2D eigenvalue weighted by Gasteiger charge is 2.28. The van der Waals surface area contributed by atoms with Crippen molar-refractivity contribution in [3.8, 4) is 17.0 Å². The van der Waals surface area contributed by atoms with Crippen molar-refractivity contribution in [1.82, 2.24) is 29.5 Å². The smallest absolute Gasteiger partial charge is 0.197 e. The molecule has 0 spiro atoms. The standard InChI is InChI=1S/C27H36N6O/c1-7-32(5)20-10-8-18(9-11-20)25-17(4)24-21(13-28-25)31-26(23(24)16(2)3)19-12-22(34-6)27-29-15-30-33(27)14-19/h12-16,18,20,31H,7-11H2,1-6H3. The van der Waals surface area contributed by atoms with Crippen molar-refractivity contribution in [1.29, 1.82) is 0 Å². The van der Waals surface area contributed by atoms with E-state index in [1.807, 2.05) is 12.4 Å². The van der Waals surface area contributed by atoms with Crippen molar-refractivity contribution in [3.63, 3.8) is 0 Å². The summed E-state index contributed by atoms with van der Waals surface area (Å²) in [5, 5.41) is 5.68. The molecular weight excluding hydrogens is 424 g/mol. The average molecular weight is 461 g/mol. The van der Waals surface area contributed by atoms with Crippen LogP contribution in [0.15, 0.2) is 24.8 Å². The highest BCUT2D eigenvalue weighted by atomic mass is 16.5. The van der Waals surface area contributed by atoms with Crippen LogP contribution in [0, 0.1) is 6.92 Å². The first-order chi connectivity index (χ1) is 16.4. The Morgan fingerprint density at radius 1 is 1.21 bits per heavy atom. The lowest BCUT2D eigenvalue weighted by Crippen LogP contribution is -2.34. The number of hydrogen-bond donors (Lipinski definition) is 1. The zero-order chi connectivity index (χ0) is 24.0. The van der Waals surface area contributed by atoms with E-state index in [9.17, 15) is 0 Å². The van der Waals surface area contributed by atoms with Gasteiger partial charge in [0, 0.05) is 34.8 Å². The highest BCUT2D eigenvalue weighted by Crippen LogP contribution is 2.42. The first kappa shape index (κ1) is 22.8. The van der Waals surface area contributed by atoms with E-state index in [2.05, 4.69) is 60.8 Å². The third kappa shape index (κ3) is 3.76. The van der Waals surface area contributed by atoms with E-state index in [0.29, 0.717) is 23.6 Å². The van der Waals surface area contributed by atoms with Gasteiger partial charge in [0.1, 0.15) is 6.33 Å². The summed E-state index contributed by atoms with van der Waals surface area (Å²) in [4.78, 5) is 15.5. The fraction of sp³-hybridized carbons (Fsp3) is 0.519. The van der Waals surface area contributed by atoms with Crippen LogP contribution in [0.2, 0.25) is 0 Å². The molecule has 4 aromatic rings. The van der Waals surface area contributed by atoms with Crippen molar-refractivity contribution in [2.24, 2.45) is 0 Å². The lowest BCUT2D eigenvalue weighted by Gasteiger charge is -2.34. The summed E-state index contributed by atoms with van der Waals surface area (Å²) in [6, 6.07) is 2.76. The van der Waals surface area contributed by atoms with E-state index in [1.54, 1.807) is 18.0 Å². The van der Waals surface area contributed by atoms with Gasteiger partial charge in [0.05, 0.1) is 24.5 Å². The van der Waals surface area contributed by atoms with Crippen LogP contribution in [0.3, 0.4) is 0 Å². The monoisotopic (exact) mass is 460 g/mol. The summed E-state index contributed by atoms with van der Waals surface area (Å²) < 4.78 is 7.41. The maximum atomic E-state index is 5.63. The minimum absolute atomic E-state index is 0.351. The molecular formula is C27H36N6O. The van der Waals surface area contributed by atoms with Gasteiger partial charge in [-0.3, -0.25) is 4.98 Å². The molecule has 0 saturated heterocycles. The van der Waals surface area contributed by atoms with Crippen molar-refractivity contribution >= 4 is 16.6 Å². The molecule has 1 fully saturated rings. The Balaban J connectivity index is 1.59. The fourth-order valence-electron chi connectivity index (χ4n) is 5.84. The van der Waals surface area contributed by atoms with Gasteiger partial charge in [-0.25, -0.2) is 9.50 Å². The lowest BCUT2D eigenvalue weighted by atomic mass is 9.81. The first-order valence-corrected chi connectivity index (χ1v) is 12.5. The number of nitrogens with zero attached hydrogens (tertiary/aromatic N) is 5. The Morgan fingerprint density at radius 2 is 1.97 bits per heavy atom. The Hall–Kier alpha value is -2.93. The number of hydrogen-bond acceptors (Lipinski definition) is 5. The van der Waals surface area contributed by atoms with Gasteiger partial charge in [0.25, 0.3) is 0 Å². The average Bonchev–Trinajstić information content (AvgIpc) is 3.48. The second kappa shape index (κ2) is 9.02. The van der Waals surface area contributed by atoms with E-state index in [4.69, 9.17) is 9.72 Å². The minimum Gasteiger partial charge on any atom is -0.493 e. The maximum absolute atomic E-state index is 5.63. The molecule has 0 bridgehead atoms. The summed E-state index contributed by atoms with van der Waals surface area (Å²) in [6.07, 6.45) is 10.6. The molecule has 180 valence electrons. The van der Waals surface area contributed by atoms with Gasteiger partial charge >= 0.3 is 0 Å². The molecule has 1 N–H and O–H groups in total. The number of aromatic amines is 1. The second-order valence-electron chi connectivity index (χ2n) is 10.0. The molecule has 1 saturated carbocycles. The number of ether oxygens (including phenoxy) is 1. The predicted molar refractivity (Wildman–Crippen MR) is 137 cm³/mol. The molecule has 7 nitrogen and oxygen atoms in total. The third-order valence-electron chi connectivity index (χ3n) is 7.79. The van der Waals surface area contributed by atoms with Crippen LogP contribution in [-0.4, -0.2) is 56.2 Å². The van der Waals surface area contributed by atoms with Crippen LogP contribution in [0.4, 0.5) is 0 Å². The Labute approximate surface area is 201 Å². The topological polar surface area (TPSA) is 71.3 Å². The summed E-state index contributed by atoms with van der Waals surface area (Å²) in [5.74, 6) is 1.60. The summed E-state index contributed by atoms with van der Waals surface area (Å²) >= 11 is 0. The van der Waals surface area contributed by atoms with E-state index < -0.39 is 0 Å². The van der Waals surface area contributed by atoms with E-state index in [1.165, 1.54) is 47.9 Å². The van der Waals surface area contributed by atoms with Crippen LogP contribution in [0.5, 0.6) is 5.75 Å². The van der Waals surface area contributed by atoms with Gasteiger partial charge in [-0.1, -0.05) is 20.8 Å². The van der Waals surface area contributed by atoms with Crippen molar-refractivity contribution in [2.45, 2.75) is 71.3 Å². The number of H-pyrrole nitrogens is 1. The first-order valence-electron chi connectivity index (χ1n) is 12.5. The summed E-state index contributed by atoms with van der Waals surface area (Å²) in [7, 11) is 3.93. The molecule has 0 unspecified atom stereocenters. The largest absolute Gasteiger partial charge is 0.493 e. The highest BCUT2D eigenvalue weighted by molar-refractivity contribution is 5.94. The molecule has 4 aromatic heterocycles. The molecule has 1 aliphatic carbocycles. The number of aryl methyl sites for hydroxylation is 1. The van der Waals surface area contributed by atoms with Crippen LogP contribution in [0.1, 0.15) is 75.1 Å². The number of rotatable bonds is 6. The third-order valence-corrected chi connectivity index (χ3v) is 7.79. The van der Waals surface area contributed by atoms with E-state index in [0.717, 1.165) is 29.0 Å². The van der Waals surface area contributed by atoms with Gasteiger partial charge in [0.2, 0.25) is 0 Å². The number of fused-ring (bicyclic) bond motifs is 2. The number of aromatic nitrogens is 5. The molecule has 34 heavy (non-hydrogen) atoms. The van der Waals surface area contributed by atoms with Crippen LogP contribution < -0.4 is 4.74 Å². The Kier molecular flexibility index (Phi) is 6.06. The van der Waals surface area contributed by atoms with E-state index in [-0.39, 0.29) is 0 Å². The zero-order valence-electron chi connectivity index (χ0n) is 21.2. The van der Waals surface area contributed by atoms with Gasteiger partial charge in [0.15, 0.2) is 11.4 Å². The lowest BCUT2D eigenvalue weighted by molar-refractivity contribution is 0.189. The predicted octanol–water partition coefficient (Wildman–Crippen LogP) is 5.69. The molecule has 0 aliphatic heterocycles. The SMILES string of the molecule is CCN(C)C1CCC(c2ncc3[nH]c(-c4cc(OC)c5ncnn5c4)c(C(C)C)c3c2C)CC1.